The normalized spacial score (nSPS) is 21.9. The number of nitrogens with one attached hydrogen (secondary N) is 1. The van der Waals surface area contributed by atoms with Gasteiger partial charge in [0, 0.05) is 11.9 Å². The zero-order chi connectivity index (χ0) is 12.1. The van der Waals surface area contributed by atoms with Gasteiger partial charge in [0.25, 0.3) is 0 Å². The van der Waals surface area contributed by atoms with Crippen molar-refractivity contribution < 1.29 is 0 Å². The van der Waals surface area contributed by atoms with Gasteiger partial charge >= 0.3 is 0 Å². The van der Waals surface area contributed by atoms with Crippen molar-refractivity contribution in [1.29, 1.82) is 0 Å². The van der Waals surface area contributed by atoms with E-state index in [1.54, 1.807) is 6.20 Å². The van der Waals surface area contributed by atoms with Crippen LogP contribution in [0.1, 0.15) is 26.7 Å². The first-order valence-electron chi connectivity index (χ1n) is 5.59. The number of hydrogen-bond acceptors (Lipinski definition) is 2. The van der Waals surface area contributed by atoms with E-state index in [1.807, 2.05) is 6.08 Å². The van der Waals surface area contributed by atoms with Crippen LogP contribution in [-0.4, -0.2) is 5.71 Å². The molecule has 1 rings (SSSR count). The zero-order valence-electron chi connectivity index (χ0n) is 10.2. The lowest BCUT2D eigenvalue weighted by Gasteiger charge is -2.25. The molecule has 0 amide bonds. The summed E-state index contributed by atoms with van der Waals surface area (Å²) in [7, 11) is 0. The van der Waals surface area contributed by atoms with Crippen LogP contribution in [0.2, 0.25) is 0 Å². The van der Waals surface area contributed by atoms with Gasteiger partial charge in [-0.05, 0) is 24.3 Å². The molecule has 0 saturated carbocycles. The second-order valence-corrected chi connectivity index (χ2v) is 4.18. The van der Waals surface area contributed by atoms with Crippen LogP contribution in [0.4, 0.5) is 0 Å². The van der Waals surface area contributed by atoms with E-state index in [-0.39, 0.29) is 0 Å². The molecule has 2 heteroatoms. The van der Waals surface area contributed by atoms with Crippen molar-refractivity contribution in [2.75, 3.05) is 0 Å². The van der Waals surface area contributed by atoms with E-state index in [0.717, 1.165) is 29.9 Å². The van der Waals surface area contributed by atoms with Gasteiger partial charge in [0.1, 0.15) is 0 Å². The Bertz CT molecular complexity index is 370. The van der Waals surface area contributed by atoms with Crippen molar-refractivity contribution in [2.24, 2.45) is 10.9 Å². The van der Waals surface area contributed by atoms with E-state index in [1.165, 1.54) is 5.57 Å². The SMILES string of the molecule is C=CN=C1CCC(=C)N/C1=C(/C=C)C(C)C. The molecule has 0 aliphatic carbocycles. The Balaban J connectivity index is 3.21. The number of rotatable bonds is 3. The first kappa shape index (κ1) is 12.5. The maximum Gasteiger partial charge on any atom is 0.0644 e. The third kappa shape index (κ3) is 2.72. The number of nitrogens with zero attached hydrogens (tertiary/aromatic N) is 1. The summed E-state index contributed by atoms with van der Waals surface area (Å²) >= 11 is 0. The Hall–Kier alpha value is -1.57. The van der Waals surface area contributed by atoms with Crippen molar-refractivity contribution in [2.45, 2.75) is 26.7 Å². The van der Waals surface area contributed by atoms with Crippen molar-refractivity contribution in [3.63, 3.8) is 0 Å². The molecule has 0 bridgehead atoms. The molecule has 2 nitrogen and oxygen atoms in total. The second kappa shape index (κ2) is 5.50. The Labute approximate surface area is 98.2 Å². The summed E-state index contributed by atoms with van der Waals surface area (Å²) in [6.45, 7) is 15.8. The molecule has 1 N–H and O–H groups in total. The third-order valence-electron chi connectivity index (χ3n) is 2.63. The second-order valence-electron chi connectivity index (χ2n) is 4.18. The molecule has 0 unspecified atom stereocenters. The zero-order valence-corrected chi connectivity index (χ0v) is 10.2. The fourth-order valence-electron chi connectivity index (χ4n) is 1.81. The molecule has 1 aliphatic rings. The summed E-state index contributed by atoms with van der Waals surface area (Å²) < 4.78 is 0. The molecule has 0 aromatic heterocycles. The fraction of sp³-hybridized carbons (Fsp3) is 0.357. The van der Waals surface area contributed by atoms with Gasteiger partial charge in [-0.1, -0.05) is 39.7 Å². The van der Waals surface area contributed by atoms with Gasteiger partial charge in [0.2, 0.25) is 0 Å². The highest BCUT2D eigenvalue weighted by Gasteiger charge is 2.19. The van der Waals surface area contributed by atoms with Crippen LogP contribution in [-0.2, 0) is 0 Å². The van der Waals surface area contributed by atoms with E-state index in [2.05, 4.69) is 43.9 Å². The summed E-state index contributed by atoms with van der Waals surface area (Å²) in [5.41, 5.74) is 4.33. The molecule has 0 aromatic rings. The fourth-order valence-corrected chi connectivity index (χ4v) is 1.81. The van der Waals surface area contributed by atoms with Gasteiger partial charge in [-0.15, -0.1) is 0 Å². The third-order valence-corrected chi connectivity index (χ3v) is 2.63. The summed E-state index contributed by atoms with van der Waals surface area (Å²) in [6, 6.07) is 0. The van der Waals surface area contributed by atoms with Gasteiger partial charge in [0.05, 0.1) is 11.4 Å². The number of aliphatic imine (C=N–C) groups is 1. The van der Waals surface area contributed by atoms with Crippen molar-refractivity contribution in [3.8, 4) is 0 Å². The Morgan fingerprint density at radius 2 is 2.06 bits per heavy atom. The molecule has 1 heterocycles. The summed E-state index contributed by atoms with van der Waals surface area (Å²) in [5.74, 6) is 0.418. The summed E-state index contributed by atoms with van der Waals surface area (Å²) in [6.07, 6.45) is 5.33. The highest BCUT2D eigenvalue weighted by atomic mass is 14.9. The average molecular weight is 216 g/mol. The number of piperidine rings is 1. The molecule has 0 spiro atoms. The van der Waals surface area contributed by atoms with E-state index in [4.69, 9.17) is 0 Å². The highest BCUT2D eigenvalue weighted by molar-refractivity contribution is 6.02. The summed E-state index contributed by atoms with van der Waals surface area (Å²) in [4.78, 5) is 4.32. The lowest BCUT2D eigenvalue weighted by molar-refractivity contribution is 0.752. The molecule has 16 heavy (non-hydrogen) atoms. The van der Waals surface area contributed by atoms with Gasteiger partial charge in [0.15, 0.2) is 0 Å². The maximum absolute atomic E-state index is 4.32. The van der Waals surface area contributed by atoms with E-state index in [9.17, 15) is 0 Å². The smallest absolute Gasteiger partial charge is 0.0644 e. The lowest BCUT2D eigenvalue weighted by Crippen LogP contribution is -2.28. The maximum atomic E-state index is 4.32. The standard InChI is InChI=1S/C14H20N2/c1-6-12(10(3)4)14-13(15-7-2)9-8-11(5)16-14/h6-7,10,16H,1-2,5,8-9H2,3-4H3/b14-12-,15-13?. The first-order chi connectivity index (χ1) is 7.60. The Morgan fingerprint density at radius 1 is 1.38 bits per heavy atom. The van der Waals surface area contributed by atoms with Crippen molar-refractivity contribution >= 4 is 5.71 Å². The van der Waals surface area contributed by atoms with Crippen LogP contribution in [0.5, 0.6) is 0 Å². The number of hydrogen-bond donors (Lipinski definition) is 1. The Kier molecular flexibility index (Phi) is 4.29. The summed E-state index contributed by atoms with van der Waals surface area (Å²) in [5, 5.41) is 3.32. The molecule has 86 valence electrons. The molecule has 0 atom stereocenters. The van der Waals surface area contributed by atoms with Crippen LogP contribution < -0.4 is 5.32 Å². The lowest BCUT2D eigenvalue weighted by atomic mass is 9.94. The topological polar surface area (TPSA) is 24.4 Å². The predicted octanol–water partition coefficient (Wildman–Crippen LogP) is 3.56. The number of allylic oxidation sites excluding steroid dienone is 4. The van der Waals surface area contributed by atoms with Crippen molar-refractivity contribution in [3.05, 3.63) is 49.0 Å². The van der Waals surface area contributed by atoms with Crippen molar-refractivity contribution in [1.82, 2.24) is 5.32 Å². The molecule has 1 saturated heterocycles. The van der Waals surface area contributed by atoms with Gasteiger partial charge < -0.3 is 5.32 Å². The molecule has 1 fully saturated rings. The van der Waals surface area contributed by atoms with Crippen LogP contribution in [0, 0.1) is 5.92 Å². The first-order valence-corrected chi connectivity index (χ1v) is 5.59. The minimum atomic E-state index is 0.418. The van der Waals surface area contributed by atoms with Crippen LogP contribution >= 0.6 is 0 Å². The van der Waals surface area contributed by atoms with Gasteiger partial charge in [-0.3, -0.25) is 4.99 Å². The molecule has 0 radical (unpaired) electrons. The minimum Gasteiger partial charge on any atom is -0.358 e. The van der Waals surface area contributed by atoms with Crippen LogP contribution in [0.15, 0.2) is 54.0 Å². The highest BCUT2D eigenvalue weighted by Crippen LogP contribution is 2.23. The van der Waals surface area contributed by atoms with Crippen LogP contribution in [0.25, 0.3) is 0 Å². The van der Waals surface area contributed by atoms with Gasteiger partial charge in [-0.2, -0.15) is 0 Å². The Morgan fingerprint density at radius 3 is 2.56 bits per heavy atom. The van der Waals surface area contributed by atoms with E-state index >= 15 is 0 Å². The minimum absolute atomic E-state index is 0.418. The quantitative estimate of drug-likeness (QED) is 0.766. The average Bonchev–Trinajstić information content (AvgIpc) is 2.22. The molecule has 0 aromatic carbocycles. The van der Waals surface area contributed by atoms with Crippen LogP contribution in [0.3, 0.4) is 0 Å². The van der Waals surface area contributed by atoms with E-state index in [0.29, 0.717) is 5.92 Å². The molecular formula is C14H20N2. The van der Waals surface area contributed by atoms with E-state index < -0.39 is 0 Å². The largest absolute Gasteiger partial charge is 0.358 e. The predicted molar refractivity (Wildman–Crippen MR) is 71.2 cm³/mol. The monoisotopic (exact) mass is 216 g/mol. The molecule has 1 aliphatic heterocycles. The molecular weight excluding hydrogens is 196 g/mol. The van der Waals surface area contributed by atoms with Gasteiger partial charge in [-0.25, -0.2) is 0 Å².